The van der Waals surface area contributed by atoms with Crippen molar-refractivity contribution < 1.29 is 9.21 Å². The number of benzene rings is 1. The molecule has 0 fully saturated rings. The van der Waals surface area contributed by atoms with Crippen molar-refractivity contribution in [2.75, 3.05) is 0 Å². The van der Waals surface area contributed by atoms with Gasteiger partial charge in [0.25, 0.3) is 5.91 Å². The number of thiophene rings is 1. The van der Waals surface area contributed by atoms with Crippen LogP contribution in [-0.4, -0.2) is 27.0 Å². The smallest absolute Gasteiger partial charge is 0.264 e. The van der Waals surface area contributed by atoms with Crippen molar-refractivity contribution in [1.82, 2.24) is 15.1 Å². The number of hydrogen-bond acceptors (Lipinski definition) is 5. The van der Waals surface area contributed by atoms with Crippen LogP contribution in [0.4, 0.5) is 0 Å². The molecule has 0 atom stereocenters. The molecule has 2 aromatic heterocycles. The van der Waals surface area contributed by atoms with Crippen molar-refractivity contribution in [3.8, 4) is 11.5 Å². The second-order valence-corrected chi connectivity index (χ2v) is 8.48. The molecule has 25 heavy (non-hydrogen) atoms. The van der Waals surface area contributed by atoms with E-state index in [1.54, 1.807) is 17.0 Å². The van der Waals surface area contributed by atoms with Crippen LogP contribution in [0.3, 0.4) is 0 Å². The molecule has 2 heterocycles. The Labute approximate surface area is 162 Å². The SMILES string of the molecule is CC(C)N(Cc1nnc(-c2ccccc2Cl)o1)C(=O)c1ccc(Br)s1. The van der Waals surface area contributed by atoms with E-state index in [4.69, 9.17) is 16.0 Å². The van der Waals surface area contributed by atoms with E-state index in [-0.39, 0.29) is 18.5 Å². The molecular weight excluding hydrogens is 426 g/mol. The van der Waals surface area contributed by atoms with Crippen LogP contribution < -0.4 is 0 Å². The summed E-state index contributed by atoms with van der Waals surface area (Å²) in [5, 5.41) is 8.65. The molecule has 0 aliphatic rings. The summed E-state index contributed by atoms with van der Waals surface area (Å²) >= 11 is 10.9. The molecule has 0 aliphatic carbocycles. The Bertz CT molecular complexity index is 893. The summed E-state index contributed by atoms with van der Waals surface area (Å²) in [6.45, 7) is 4.14. The molecule has 5 nitrogen and oxygen atoms in total. The third-order valence-corrected chi connectivity index (χ3v) is 5.49. The van der Waals surface area contributed by atoms with Crippen LogP contribution in [0.1, 0.15) is 29.4 Å². The van der Waals surface area contributed by atoms with E-state index in [1.165, 1.54) is 11.3 Å². The molecule has 0 aliphatic heterocycles. The first-order valence-corrected chi connectivity index (χ1v) is 9.58. The highest BCUT2D eigenvalue weighted by atomic mass is 79.9. The summed E-state index contributed by atoms with van der Waals surface area (Å²) in [5.41, 5.74) is 0.674. The van der Waals surface area contributed by atoms with E-state index in [1.807, 2.05) is 38.1 Å². The van der Waals surface area contributed by atoms with Gasteiger partial charge in [0.2, 0.25) is 11.8 Å². The van der Waals surface area contributed by atoms with E-state index < -0.39 is 0 Å². The van der Waals surface area contributed by atoms with Crippen molar-refractivity contribution in [3.05, 3.63) is 56.0 Å². The lowest BCUT2D eigenvalue weighted by atomic mass is 10.2. The average molecular weight is 441 g/mol. The van der Waals surface area contributed by atoms with Gasteiger partial charge in [0, 0.05) is 6.04 Å². The summed E-state index contributed by atoms with van der Waals surface area (Å²) < 4.78 is 6.63. The normalized spacial score (nSPS) is 11.1. The lowest BCUT2D eigenvalue weighted by Gasteiger charge is -2.24. The Morgan fingerprint density at radius 2 is 2.04 bits per heavy atom. The fourth-order valence-corrected chi connectivity index (χ4v) is 3.83. The number of amides is 1. The quantitative estimate of drug-likeness (QED) is 0.542. The summed E-state index contributed by atoms with van der Waals surface area (Å²) in [7, 11) is 0. The van der Waals surface area contributed by atoms with Gasteiger partial charge in [0.15, 0.2) is 0 Å². The van der Waals surface area contributed by atoms with E-state index in [0.717, 1.165) is 3.79 Å². The molecule has 0 saturated heterocycles. The van der Waals surface area contributed by atoms with Gasteiger partial charge in [-0.3, -0.25) is 4.79 Å². The van der Waals surface area contributed by atoms with Crippen LogP contribution in [0.2, 0.25) is 5.02 Å². The number of aromatic nitrogens is 2. The zero-order valence-corrected chi connectivity index (χ0v) is 16.7. The van der Waals surface area contributed by atoms with Gasteiger partial charge in [-0.05, 0) is 54.0 Å². The largest absolute Gasteiger partial charge is 0.419 e. The van der Waals surface area contributed by atoms with Crippen LogP contribution in [0, 0.1) is 0 Å². The molecule has 0 unspecified atom stereocenters. The molecular formula is C17H15BrClN3O2S. The third-order valence-electron chi connectivity index (χ3n) is 3.54. The lowest BCUT2D eigenvalue weighted by molar-refractivity contribution is 0.0677. The van der Waals surface area contributed by atoms with Gasteiger partial charge in [-0.2, -0.15) is 0 Å². The van der Waals surface area contributed by atoms with Crippen LogP contribution >= 0.6 is 38.9 Å². The predicted molar refractivity (Wildman–Crippen MR) is 102 cm³/mol. The van der Waals surface area contributed by atoms with Crippen molar-refractivity contribution in [1.29, 1.82) is 0 Å². The summed E-state index contributed by atoms with van der Waals surface area (Å²) in [5.74, 6) is 0.645. The Hall–Kier alpha value is -1.70. The molecule has 8 heteroatoms. The van der Waals surface area contributed by atoms with Gasteiger partial charge in [-0.15, -0.1) is 21.5 Å². The highest BCUT2D eigenvalue weighted by molar-refractivity contribution is 9.11. The van der Waals surface area contributed by atoms with E-state index in [0.29, 0.717) is 27.2 Å². The van der Waals surface area contributed by atoms with Crippen LogP contribution in [-0.2, 0) is 6.54 Å². The highest BCUT2D eigenvalue weighted by Gasteiger charge is 2.23. The van der Waals surface area contributed by atoms with E-state index in [9.17, 15) is 4.79 Å². The van der Waals surface area contributed by atoms with E-state index >= 15 is 0 Å². The fourth-order valence-electron chi connectivity index (χ4n) is 2.27. The molecule has 0 N–H and O–H groups in total. The fraction of sp³-hybridized carbons (Fsp3) is 0.235. The minimum Gasteiger partial charge on any atom is -0.419 e. The van der Waals surface area contributed by atoms with Crippen LogP contribution in [0.25, 0.3) is 11.5 Å². The molecule has 1 amide bonds. The van der Waals surface area contributed by atoms with Gasteiger partial charge in [-0.1, -0.05) is 23.7 Å². The molecule has 1 aromatic carbocycles. The first-order valence-electron chi connectivity index (χ1n) is 7.59. The molecule has 0 bridgehead atoms. The Morgan fingerprint density at radius 1 is 1.28 bits per heavy atom. The summed E-state index contributed by atoms with van der Waals surface area (Å²) in [4.78, 5) is 15.1. The number of halogens is 2. The van der Waals surface area contributed by atoms with Crippen molar-refractivity contribution in [3.63, 3.8) is 0 Å². The Morgan fingerprint density at radius 3 is 2.68 bits per heavy atom. The summed E-state index contributed by atoms with van der Waals surface area (Å²) in [6, 6.07) is 10.9. The van der Waals surface area contributed by atoms with Crippen molar-refractivity contribution in [2.24, 2.45) is 0 Å². The Balaban J connectivity index is 1.82. The third kappa shape index (κ3) is 4.11. The molecule has 130 valence electrons. The van der Waals surface area contributed by atoms with Gasteiger partial charge >= 0.3 is 0 Å². The maximum absolute atomic E-state index is 12.7. The molecule has 3 aromatic rings. The summed E-state index contributed by atoms with van der Waals surface area (Å²) in [6.07, 6.45) is 0. The van der Waals surface area contributed by atoms with Gasteiger partial charge < -0.3 is 9.32 Å². The first kappa shape index (κ1) is 18.1. The second kappa shape index (κ2) is 7.68. The number of carbonyl (C=O) groups excluding carboxylic acids is 1. The second-order valence-electron chi connectivity index (χ2n) is 5.61. The topological polar surface area (TPSA) is 59.2 Å². The number of rotatable bonds is 5. The molecule has 0 saturated carbocycles. The highest BCUT2D eigenvalue weighted by Crippen LogP contribution is 2.27. The van der Waals surface area contributed by atoms with Gasteiger partial charge in [0.1, 0.15) is 0 Å². The predicted octanol–water partition coefficient (Wildman–Crippen LogP) is 5.26. The lowest BCUT2D eigenvalue weighted by Crippen LogP contribution is -2.36. The Kier molecular flexibility index (Phi) is 5.56. The molecule has 0 radical (unpaired) electrons. The monoisotopic (exact) mass is 439 g/mol. The van der Waals surface area contributed by atoms with Crippen LogP contribution in [0.5, 0.6) is 0 Å². The van der Waals surface area contributed by atoms with Crippen molar-refractivity contribution >= 4 is 44.8 Å². The zero-order chi connectivity index (χ0) is 18.0. The van der Waals surface area contributed by atoms with E-state index in [2.05, 4.69) is 26.1 Å². The van der Waals surface area contributed by atoms with Crippen molar-refractivity contribution in [2.45, 2.75) is 26.4 Å². The maximum atomic E-state index is 12.7. The zero-order valence-electron chi connectivity index (χ0n) is 13.6. The van der Waals surface area contributed by atoms with Crippen LogP contribution in [0.15, 0.2) is 44.6 Å². The number of hydrogen-bond donors (Lipinski definition) is 0. The number of nitrogens with zero attached hydrogens (tertiary/aromatic N) is 3. The number of carbonyl (C=O) groups is 1. The maximum Gasteiger partial charge on any atom is 0.264 e. The molecule has 0 spiro atoms. The average Bonchev–Trinajstić information content (AvgIpc) is 3.21. The van der Waals surface area contributed by atoms with Gasteiger partial charge in [0.05, 0.1) is 25.8 Å². The molecule has 3 rings (SSSR count). The minimum absolute atomic E-state index is 0.0101. The standard InChI is InChI=1S/C17H15BrClN3O2S/c1-10(2)22(17(23)13-7-8-14(18)25-13)9-15-20-21-16(24-15)11-5-3-4-6-12(11)19/h3-8,10H,9H2,1-2H3. The minimum atomic E-state index is -0.0665. The van der Waals surface area contributed by atoms with Gasteiger partial charge in [-0.25, -0.2) is 0 Å². The first-order chi connectivity index (χ1) is 12.0.